The molecule has 190 valence electrons. The molecule has 6 nitrogen and oxygen atoms in total. The maximum Gasteiger partial charge on any atom is 0.254 e. The first kappa shape index (κ1) is 24.8. The molecule has 0 unspecified atom stereocenters. The molecule has 1 aromatic heterocycles. The molecule has 5 rings (SSSR count). The molecule has 2 fully saturated rings. The number of anilines is 2. The van der Waals surface area contributed by atoms with Gasteiger partial charge in [0.15, 0.2) is 0 Å². The molecule has 1 amide bonds. The van der Waals surface area contributed by atoms with Crippen LogP contribution in [0.25, 0.3) is 0 Å². The monoisotopic (exact) mass is 497 g/mol. The van der Waals surface area contributed by atoms with Crippen molar-refractivity contribution in [1.29, 1.82) is 0 Å². The largest absolute Gasteiger partial charge is 0.368 e. The molecular formula is C30H32FN5O. The summed E-state index contributed by atoms with van der Waals surface area (Å²) in [6.45, 7) is 9.10. The van der Waals surface area contributed by atoms with Crippen LogP contribution in [0.5, 0.6) is 0 Å². The number of benzene rings is 2. The number of terminal acetylenes is 1. The van der Waals surface area contributed by atoms with Crippen molar-refractivity contribution in [3.8, 4) is 12.3 Å². The Kier molecular flexibility index (Phi) is 7.38. The van der Waals surface area contributed by atoms with E-state index in [1.807, 2.05) is 24.0 Å². The number of pyridine rings is 1. The topological polar surface area (TPSA) is 42.9 Å². The zero-order valence-corrected chi connectivity index (χ0v) is 21.2. The predicted molar refractivity (Wildman–Crippen MR) is 145 cm³/mol. The van der Waals surface area contributed by atoms with E-state index in [2.05, 4.69) is 43.8 Å². The van der Waals surface area contributed by atoms with Gasteiger partial charge in [0.25, 0.3) is 5.91 Å². The van der Waals surface area contributed by atoms with E-state index < -0.39 is 0 Å². The van der Waals surface area contributed by atoms with E-state index in [0.717, 1.165) is 79.6 Å². The van der Waals surface area contributed by atoms with Gasteiger partial charge in [-0.15, -0.1) is 6.42 Å². The summed E-state index contributed by atoms with van der Waals surface area (Å²) < 4.78 is 13.3. The maximum atomic E-state index is 13.4. The standard InChI is InChI=1S/C30H32FN5O/c1-3-25-5-4-12-32-29(25)35-15-13-33(14-16-35)22-24-7-6-23(2)28(21-24)30(37)36-19-17-34(18-20-36)27-10-8-26(31)9-11-27/h1,4-12,21H,13-20,22H2,2H3. The lowest BCUT2D eigenvalue weighted by Crippen LogP contribution is -2.49. The number of halogens is 1. The Balaban J connectivity index is 1.18. The van der Waals surface area contributed by atoms with E-state index in [1.165, 1.54) is 12.1 Å². The van der Waals surface area contributed by atoms with E-state index >= 15 is 0 Å². The average Bonchev–Trinajstić information content (AvgIpc) is 2.94. The Morgan fingerprint density at radius 3 is 2.35 bits per heavy atom. The van der Waals surface area contributed by atoms with Gasteiger partial charge in [-0.05, 0) is 60.5 Å². The first-order valence-electron chi connectivity index (χ1n) is 12.8. The second-order valence-corrected chi connectivity index (χ2v) is 9.69. The van der Waals surface area contributed by atoms with Crippen LogP contribution in [0.2, 0.25) is 0 Å². The summed E-state index contributed by atoms with van der Waals surface area (Å²) in [4.78, 5) is 26.7. The van der Waals surface area contributed by atoms with Gasteiger partial charge in [-0.1, -0.05) is 18.1 Å². The molecule has 0 bridgehead atoms. The Labute approximate surface area is 218 Å². The van der Waals surface area contributed by atoms with Crippen molar-refractivity contribution < 1.29 is 9.18 Å². The van der Waals surface area contributed by atoms with Crippen molar-refractivity contribution in [1.82, 2.24) is 14.8 Å². The van der Waals surface area contributed by atoms with Gasteiger partial charge < -0.3 is 14.7 Å². The minimum Gasteiger partial charge on any atom is -0.368 e. The number of aromatic nitrogens is 1. The lowest BCUT2D eigenvalue weighted by atomic mass is 10.0. The Morgan fingerprint density at radius 2 is 1.65 bits per heavy atom. The second-order valence-electron chi connectivity index (χ2n) is 9.69. The van der Waals surface area contributed by atoms with E-state index in [0.29, 0.717) is 13.1 Å². The summed E-state index contributed by atoms with van der Waals surface area (Å²) in [5, 5.41) is 0. The zero-order valence-electron chi connectivity index (χ0n) is 21.2. The highest BCUT2D eigenvalue weighted by Gasteiger charge is 2.25. The van der Waals surface area contributed by atoms with Gasteiger partial charge in [0.05, 0.1) is 5.56 Å². The first-order valence-corrected chi connectivity index (χ1v) is 12.8. The molecule has 0 aliphatic carbocycles. The summed E-state index contributed by atoms with van der Waals surface area (Å²) in [6.07, 6.45) is 7.44. The molecule has 0 spiro atoms. The lowest BCUT2D eigenvalue weighted by Gasteiger charge is -2.37. The number of amides is 1. The summed E-state index contributed by atoms with van der Waals surface area (Å²) >= 11 is 0. The molecule has 7 heteroatoms. The van der Waals surface area contributed by atoms with Crippen LogP contribution < -0.4 is 9.80 Å². The van der Waals surface area contributed by atoms with Gasteiger partial charge in [0, 0.05) is 76.4 Å². The molecule has 0 radical (unpaired) electrons. The highest BCUT2D eigenvalue weighted by atomic mass is 19.1. The third-order valence-electron chi connectivity index (χ3n) is 7.31. The van der Waals surface area contributed by atoms with Crippen molar-refractivity contribution in [2.75, 3.05) is 62.2 Å². The van der Waals surface area contributed by atoms with E-state index in [1.54, 1.807) is 18.3 Å². The maximum absolute atomic E-state index is 13.4. The van der Waals surface area contributed by atoms with E-state index in [-0.39, 0.29) is 11.7 Å². The molecule has 2 aliphatic rings. The van der Waals surface area contributed by atoms with Crippen LogP contribution in [0.4, 0.5) is 15.9 Å². The van der Waals surface area contributed by atoms with Crippen molar-refractivity contribution in [3.05, 3.63) is 88.9 Å². The molecule has 3 aromatic rings. The molecule has 0 atom stereocenters. The minimum atomic E-state index is -0.235. The Bertz CT molecular complexity index is 1290. The Morgan fingerprint density at radius 1 is 0.946 bits per heavy atom. The molecule has 2 aliphatic heterocycles. The molecule has 37 heavy (non-hydrogen) atoms. The summed E-state index contributed by atoms with van der Waals surface area (Å²) in [7, 11) is 0. The quantitative estimate of drug-likeness (QED) is 0.502. The third-order valence-corrected chi connectivity index (χ3v) is 7.31. The second kappa shape index (κ2) is 11.0. The summed E-state index contributed by atoms with van der Waals surface area (Å²) in [5.41, 5.74) is 4.74. The highest BCUT2D eigenvalue weighted by molar-refractivity contribution is 5.96. The molecule has 0 N–H and O–H groups in total. The number of carbonyl (C=O) groups is 1. The predicted octanol–water partition coefficient (Wildman–Crippen LogP) is 3.80. The molecule has 2 aromatic carbocycles. The van der Waals surface area contributed by atoms with Crippen LogP contribution in [-0.4, -0.2) is 73.0 Å². The summed E-state index contributed by atoms with van der Waals surface area (Å²) in [5.74, 6) is 3.47. The summed E-state index contributed by atoms with van der Waals surface area (Å²) in [6, 6.07) is 16.6. The van der Waals surface area contributed by atoms with Crippen LogP contribution in [0.1, 0.15) is 27.0 Å². The first-order chi connectivity index (χ1) is 18.0. The van der Waals surface area contributed by atoms with Gasteiger partial charge in [0.1, 0.15) is 11.6 Å². The van der Waals surface area contributed by atoms with E-state index in [9.17, 15) is 9.18 Å². The SMILES string of the molecule is C#Cc1cccnc1N1CCN(Cc2ccc(C)c(C(=O)N3CCN(c4ccc(F)cc4)CC3)c2)CC1. The fourth-order valence-electron chi connectivity index (χ4n) is 5.13. The fourth-order valence-corrected chi connectivity index (χ4v) is 5.13. The van der Waals surface area contributed by atoms with Gasteiger partial charge in [-0.25, -0.2) is 9.37 Å². The molecule has 2 saturated heterocycles. The van der Waals surface area contributed by atoms with Gasteiger partial charge >= 0.3 is 0 Å². The number of rotatable bonds is 5. The van der Waals surface area contributed by atoms with Gasteiger partial charge in [0.2, 0.25) is 0 Å². The van der Waals surface area contributed by atoms with Gasteiger partial charge in [-0.3, -0.25) is 9.69 Å². The number of aryl methyl sites for hydroxylation is 1. The van der Waals surface area contributed by atoms with Crippen molar-refractivity contribution in [2.45, 2.75) is 13.5 Å². The van der Waals surface area contributed by atoms with Crippen molar-refractivity contribution in [2.24, 2.45) is 0 Å². The van der Waals surface area contributed by atoms with Crippen LogP contribution in [-0.2, 0) is 6.54 Å². The molecular weight excluding hydrogens is 465 g/mol. The highest BCUT2D eigenvalue weighted by Crippen LogP contribution is 2.22. The smallest absolute Gasteiger partial charge is 0.254 e. The number of piperazine rings is 2. The van der Waals surface area contributed by atoms with Crippen LogP contribution in [0.15, 0.2) is 60.8 Å². The van der Waals surface area contributed by atoms with Crippen LogP contribution >= 0.6 is 0 Å². The number of hydrogen-bond acceptors (Lipinski definition) is 5. The van der Waals surface area contributed by atoms with E-state index in [4.69, 9.17) is 6.42 Å². The minimum absolute atomic E-state index is 0.0832. The third kappa shape index (κ3) is 5.60. The zero-order chi connectivity index (χ0) is 25.8. The fraction of sp³-hybridized carbons (Fsp3) is 0.333. The Hall–Kier alpha value is -3.89. The average molecular weight is 498 g/mol. The normalized spacial score (nSPS) is 16.5. The lowest BCUT2D eigenvalue weighted by molar-refractivity contribution is 0.0746. The van der Waals surface area contributed by atoms with Gasteiger partial charge in [-0.2, -0.15) is 0 Å². The van der Waals surface area contributed by atoms with Crippen molar-refractivity contribution >= 4 is 17.4 Å². The van der Waals surface area contributed by atoms with Crippen LogP contribution in [0.3, 0.4) is 0 Å². The molecule has 0 saturated carbocycles. The van der Waals surface area contributed by atoms with Crippen molar-refractivity contribution in [3.63, 3.8) is 0 Å². The molecule has 3 heterocycles. The van der Waals surface area contributed by atoms with Crippen LogP contribution in [0, 0.1) is 25.1 Å². The number of nitrogens with zero attached hydrogens (tertiary/aromatic N) is 5. The number of carbonyl (C=O) groups excluding carboxylic acids is 1. The number of hydrogen-bond donors (Lipinski definition) is 0.